The van der Waals surface area contributed by atoms with Gasteiger partial charge in [-0.3, -0.25) is 4.79 Å². The van der Waals surface area contributed by atoms with E-state index in [1.54, 1.807) is 23.1 Å². The van der Waals surface area contributed by atoms with E-state index in [-0.39, 0.29) is 41.9 Å². The van der Waals surface area contributed by atoms with Crippen LogP contribution in [-0.2, 0) is 4.79 Å². The number of hydrogen-bond acceptors (Lipinski definition) is 3. The number of amides is 1. The Morgan fingerprint density at radius 3 is 2.45 bits per heavy atom. The van der Waals surface area contributed by atoms with Crippen molar-refractivity contribution in [1.82, 2.24) is 4.90 Å². The molecule has 1 amide bonds. The summed E-state index contributed by atoms with van der Waals surface area (Å²) in [5.41, 5.74) is 5.90. The second-order valence-electron chi connectivity index (χ2n) is 5.84. The van der Waals surface area contributed by atoms with Crippen molar-refractivity contribution in [1.29, 1.82) is 0 Å². The molecule has 4 nitrogen and oxygen atoms in total. The molecular weight excluding hydrogens is 307 g/mol. The van der Waals surface area contributed by atoms with Crippen LogP contribution in [0.3, 0.4) is 0 Å². The zero-order chi connectivity index (χ0) is 15.4. The quantitative estimate of drug-likeness (QED) is 0.923. The molecule has 1 heterocycles. The number of carbonyl (C=O) groups excluding carboxylic acids is 1. The second-order valence-corrected chi connectivity index (χ2v) is 5.84. The van der Waals surface area contributed by atoms with Crippen LogP contribution in [0.25, 0.3) is 0 Å². The fraction of sp³-hybridized carbons (Fsp3) is 0.562. The Kier molecular flexibility index (Phi) is 7.10. The van der Waals surface area contributed by atoms with Crippen LogP contribution in [0, 0.1) is 11.7 Å². The zero-order valence-corrected chi connectivity index (χ0v) is 13.8. The van der Waals surface area contributed by atoms with Gasteiger partial charge in [-0.25, -0.2) is 4.39 Å². The largest absolute Gasteiger partial charge is 0.487 e. The van der Waals surface area contributed by atoms with Crippen LogP contribution in [0.15, 0.2) is 24.3 Å². The molecule has 1 atom stereocenters. The first kappa shape index (κ1) is 18.7. The van der Waals surface area contributed by atoms with Gasteiger partial charge in [0.1, 0.15) is 6.10 Å². The number of benzene rings is 1. The van der Waals surface area contributed by atoms with Crippen molar-refractivity contribution in [3.8, 4) is 5.75 Å². The Balaban J connectivity index is 0.00000242. The van der Waals surface area contributed by atoms with Gasteiger partial charge >= 0.3 is 0 Å². The normalized spacial score (nSPS) is 17.0. The Bertz CT molecular complexity index is 491. The van der Waals surface area contributed by atoms with Crippen molar-refractivity contribution in [2.45, 2.75) is 38.8 Å². The molecular formula is C16H24ClFN2O2. The zero-order valence-electron chi connectivity index (χ0n) is 13.0. The summed E-state index contributed by atoms with van der Waals surface area (Å²) < 4.78 is 19.2. The predicted molar refractivity (Wildman–Crippen MR) is 86.7 cm³/mol. The number of piperidine rings is 1. The molecule has 1 aliphatic heterocycles. The summed E-state index contributed by atoms with van der Waals surface area (Å²) in [6, 6.07) is 5.95. The number of ether oxygens (including phenoxy) is 1. The highest BCUT2D eigenvalue weighted by molar-refractivity contribution is 5.85. The highest BCUT2D eigenvalue weighted by Gasteiger charge is 2.28. The van der Waals surface area contributed by atoms with Gasteiger partial charge in [-0.2, -0.15) is 0 Å². The SMILES string of the molecule is CC(C)[C@H](N)C(=O)N1CCC(Oc2ccccc2F)CC1.Cl. The van der Waals surface area contributed by atoms with Crippen LogP contribution in [0.5, 0.6) is 5.75 Å². The molecule has 22 heavy (non-hydrogen) atoms. The van der Waals surface area contributed by atoms with Crippen LogP contribution in [0.4, 0.5) is 4.39 Å². The lowest BCUT2D eigenvalue weighted by Crippen LogP contribution is -2.50. The van der Waals surface area contributed by atoms with E-state index in [1.807, 2.05) is 13.8 Å². The summed E-state index contributed by atoms with van der Waals surface area (Å²) in [7, 11) is 0. The molecule has 0 aromatic heterocycles. The lowest BCUT2D eigenvalue weighted by atomic mass is 10.0. The maximum absolute atomic E-state index is 13.5. The predicted octanol–water partition coefficient (Wildman–Crippen LogP) is 2.60. The molecule has 1 fully saturated rings. The third kappa shape index (κ3) is 4.58. The lowest BCUT2D eigenvalue weighted by molar-refractivity contribution is -0.135. The van der Waals surface area contributed by atoms with Gasteiger partial charge in [-0.15, -0.1) is 12.4 Å². The Morgan fingerprint density at radius 1 is 1.32 bits per heavy atom. The van der Waals surface area contributed by atoms with Gasteiger partial charge in [0.25, 0.3) is 0 Å². The molecule has 6 heteroatoms. The summed E-state index contributed by atoms with van der Waals surface area (Å²) in [5, 5.41) is 0. The van der Waals surface area contributed by atoms with Crippen LogP contribution in [0.2, 0.25) is 0 Å². The first-order chi connectivity index (χ1) is 9.99. The van der Waals surface area contributed by atoms with Gasteiger partial charge in [0.15, 0.2) is 11.6 Å². The smallest absolute Gasteiger partial charge is 0.239 e. The standard InChI is InChI=1S/C16H23FN2O2.ClH/c1-11(2)15(18)16(20)19-9-7-12(8-10-19)21-14-6-4-3-5-13(14)17;/h3-6,11-12,15H,7-10,18H2,1-2H3;1H/t15-;/m0./s1. The van der Waals surface area contributed by atoms with E-state index >= 15 is 0 Å². The summed E-state index contributed by atoms with van der Waals surface area (Å²) in [5.74, 6) is 0.0539. The average Bonchev–Trinajstić information content (AvgIpc) is 2.49. The molecule has 1 aromatic carbocycles. The number of nitrogens with zero attached hydrogens (tertiary/aromatic N) is 1. The van der Waals surface area contributed by atoms with Crippen LogP contribution in [-0.4, -0.2) is 36.0 Å². The van der Waals surface area contributed by atoms with Crippen LogP contribution in [0.1, 0.15) is 26.7 Å². The highest BCUT2D eigenvalue weighted by atomic mass is 35.5. The molecule has 2 rings (SSSR count). The van der Waals surface area contributed by atoms with Crippen molar-refractivity contribution < 1.29 is 13.9 Å². The molecule has 0 aliphatic carbocycles. The molecule has 2 N–H and O–H groups in total. The molecule has 1 aliphatic rings. The minimum absolute atomic E-state index is 0. The molecule has 1 saturated heterocycles. The summed E-state index contributed by atoms with van der Waals surface area (Å²) in [4.78, 5) is 13.9. The van der Waals surface area contributed by atoms with Crippen molar-refractivity contribution in [3.63, 3.8) is 0 Å². The van der Waals surface area contributed by atoms with Gasteiger partial charge in [0.05, 0.1) is 6.04 Å². The van der Waals surface area contributed by atoms with Gasteiger partial charge in [-0.1, -0.05) is 26.0 Å². The van der Waals surface area contributed by atoms with Crippen molar-refractivity contribution in [3.05, 3.63) is 30.1 Å². The van der Waals surface area contributed by atoms with E-state index in [0.717, 1.165) is 0 Å². The first-order valence-corrected chi connectivity index (χ1v) is 7.44. The van der Waals surface area contributed by atoms with E-state index in [1.165, 1.54) is 6.07 Å². The van der Waals surface area contributed by atoms with E-state index in [9.17, 15) is 9.18 Å². The fourth-order valence-electron chi connectivity index (χ4n) is 2.41. The number of likely N-dealkylation sites (tertiary alicyclic amines) is 1. The third-order valence-corrected chi connectivity index (χ3v) is 3.89. The van der Waals surface area contributed by atoms with E-state index in [0.29, 0.717) is 25.9 Å². The number of hydrogen-bond donors (Lipinski definition) is 1. The highest BCUT2D eigenvalue weighted by Crippen LogP contribution is 2.22. The topological polar surface area (TPSA) is 55.6 Å². The average molecular weight is 331 g/mol. The summed E-state index contributed by atoms with van der Waals surface area (Å²) in [6.07, 6.45) is 1.34. The van der Waals surface area contributed by atoms with E-state index < -0.39 is 6.04 Å². The lowest BCUT2D eigenvalue weighted by Gasteiger charge is -2.34. The molecule has 0 saturated carbocycles. The van der Waals surface area contributed by atoms with Crippen LogP contribution < -0.4 is 10.5 Å². The number of nitrogens with two attached hydrogens (primary N) is 1. The Hall–Kier alpha value is -1.33. The van der Waals surface area contributed by atoms with Crippen molar-refractivity contribution in [2.75, 3.05) is 13.1 Å². The van der Waals surface area contributed by atoms with Crippen molar-refractivity contribution in [2.24, 2.45) is 11.7 Å². The van der Waals surface area contributed by atoms with Crippen molar-refractivity contribution >= 4 is 18.3 Å². The molecule has 0 bridgehead atoms. The fourth-order valence-corrected chi connectivity index (χ4v) is 2.41. The number of para-hydroxylation sites is 1. The maximum Gasteiger partial charge on any atom is 0.239 e. The Morgan fingerprint density at radius 2 is 1.91 bits per heavy atom. The molecule has 124 valence electrons. The third-order valence-electron chi connectivity index (χ3n) is 3.89. The van der Waals surface area contributed by atoms with Gasteiger partial charge < -0.3 is 15.4 Å². The summed E-state index contributed by atoms with van der Waals surface area (Å²) in [6.45, 7) is 5.10. The molecule has 0 unspecified atom stereocenters. The number of carbonyl (C=O) groups is 1. The van der Waals surface area contributed by atoms with Crippen LogP contribution >= 0.6 is 12.4 Å². The van der Waals surface area contributed by atoms with Gasteiger partial charge in [-0.05, 0) is 18.1 Å². The second kappa shape index (κ2) is 8.34. The molecule has 0 spiro atoms. The minimum Gasteiger partial charge on any atom is -0.487 e. The molecule has 1 aromatic rings. The number of rotatable bonds is 4. The molecule has 0 radical (unpaired) electrons. The number of halogens is 2. The van der Waals surface area contributed by atoms with Gasteiger partial charge in [0.2, 0.25) is 5.91 Å². The minimum atomic E-state index is -0.450. The van der Waals surface area contributed by atoms with E-state index in [4.69, 9.17) is 10.5 Å². The van der Waals surface area contributed by atoms with Gasteiger partial charge in [0, 0.05) is 25.9 Å². The van der Waals surface area contributed by atoms with E-state index in [2.05, 4.69) is 0 Å². The Labute approximate surface area is 137 Å². The maximum atomic E-state index is 13.5. The first-order valence-electron chi connectivity index (χ1n) is 7.44. The monoisotopic (exact) mass is 330 g/mol. The summed E-state index contributed by atoms with van der Waals surface area (Å²) >= 11 is 0.